The van der Waals surface area contributed by atoms with Crippen molar-refractivity contribution in [2.75, 3.05) is 6.54 Å². The largest absolute Gasteiger partial charge is 0.391 e. The van der Waals surface area contributed by atoms with Crippen LogP contribution in [0.25, 0.3) is 0 Å². The Balaban J connectivity index is 1.40. The fourth-order valence-electron chi connectivity index (χ4n) is 5.14. The third-order valence-electron chi connectivity index (χ3n) is 7.53. The minimum atomic E-state index is -1.46. The molecule has 3 fully saturated rings. The van der Waals surface area contributed by atoms with E-state index in [1.54, 1.807) is 0 Å². The average molecular weight is 571 g/mol. The van der Waals surface area contributed by atoms with E-state index in [0.717, 1.165) is 5.56 Å². The summed E-state index contributed by atoms with van der Waals surface area (Å²) in [6.07, 6.45) is -9.67. The van der Waals surface area contributed by atoms with Gasteiger partial charge in [0.2, 0.25) is 0 Å². The predicted molar refractivity (Wildman–Crippen MR) is 141 cm³/mol. The molecular weight excluding hydrogens is 528 g/mol. The lowest BCUT2D eigenvalue weighted by Crippen LogP contribution is -2.68. The molecule has 1 saturated carbocycles. The number of aliphatic hydroxyl groups is 4. The van der Waals surface area contributed by atoms with Gasteiger partial charge in [-0.2, -0.15) is 0 Å². The molecule has 1 aromatic rings. The Bertz CT molecular complexity index is 951. The Labute approximate surface area is 232 Å². The van der Waals surface area contributed by atoms with Crippen LogP contribution in [0.15, 0.2) is 35.5 Å². The Morgan fingerprint density at radius 3 is 2.12 bits per heavy atom. The maximum Gasteiger partial charge on any atom is 0.186 e. The van der Waals surface area contributed by atoms with Crippen LogP contribution in [-0.4, -0.2) is 119 Å². The summed E-state index contributed by atoms with van der Waals surface area (Å²) >= 11 is 0. The molecule has 15 heteroatoms. The maximum atomic E-state index is 11.2. The second-order valence-electron chi connectivity index (χ2n) is 10.5. The van der Waals surface area contributed by atoms with Crippen molar-refractivity contribution in [3.05, 3.63) is 35.9 Å². The summed E-state index contributed by atoms with van der Waals surface area (Å²) in [6, 6.07) is 6.02. The Hall–Kier alpha value is -1.83. The van der Waals surface area contributed by atoms with Crippen LogP contribution in [0.3, 0.4) is 0 Å². The monoisotopic (exact) mass is 570 g/mol. The van der Waals surface area contributed by atoms with Gasteiger partial charge in [0, 0.05) is 18.6 Å². The predicted octanol–water partition coefficient (Wildman–Crippen LogP) is -4.09. The quantitative estimate of drug-likeness (QED) is 0.101. The van der Waals surface area contributed by atoms with Crippen molar-refractivity contribution < 1.29 is 44.2 Å². The molecule has 4 rings (SSSR count). The Morgan fingerprint density at radius 1 is 0.825 bits per heavy atom. The molecule has 14 atom stereocenters. The van der Waals surface area contributed by atoms with Crippen LogP contribution in [0, 0.1) is 0 Å². The van der Waals surface area contributed by atoms with Gasteiger partial charge in [-0.25, -0.2) is 0 Å². The van der Waals surface area contributed by atoms with E-state index in [2.05, 4.69) is 5.16 Å². The lowest BCUT2D eigenvalue weighted by atomic mass is 9.84. The molecule has 1 aliphatic carbocycles. The molecule has 0 bridgehead atoms. The first kappa shape index (κ1) is 31.1. The van der Waals surface area contributed by atoms with Crippen molar-refractivity contribution in [2.45, 2.75) is 105 Å². The van der Waals surface area contributed by atoms with Crippen LogP contribution >= 0.6 is 0 Å². The highest BCUT2D eigenvalue weighted by atomic mass is 16.7. The minimum absolute atomic E-state index is 0.0500. The van der Waals surface area contributed by atoms with Crippen molar-refractivity contribution in [3.8, 4) is 0 Å². The highest BCUT2D eigenvalue weighted by Crippen LogP contribution is 2.30. The molecule has 226 valence electrons. The highest BCUT2D eigenvalue weighted by Gasteiger charge is 2.50. The summed E-state index contributed by atoms with van der Waals surface area (Å²) in [5.74, 6) is 0. The van der Waals surface area contributed by atoms with E-state index in [4.69, 9.17) is 52.5 Å². The van der Waals surface area contributed by atoms with E-state index in [9.17, 15) is 20.4 Å². The number of hydrogen-bond acceptors (Lipinski definition) is 15. The molecular formula is C25H42N6O9. The van der Waals surface area contributed by atoms with E-state index < -0.39 is 85.6 Å². The first-order valence-corrected chi connectivity index (χ1v) is 13.4. The lowest BCUT2D eigenvalue weighted by molar-refractivity contribution is -0.305. The van der Waals surface area contributed by atoms with Crippen LogP contribution < -0.4 is 28.7 Å². The molecule has 3 aliphatic rings. The Morgan fingerprint density at radius 2 is 1.48 bits per heavy atom. The number of nitrogens with zero attached hydrogens (tertiary/aromatic N) is 1. The van der Waals surface area contributed by atoms with Crippen LogP contribution in [0.2, 0.25) is 0 Å². The number of aliphatic hydroxyl groups excluding tert-OH is 4. The molecule has 15 nitrogen and oxygen atoms in total. The third-order valence-corrected chi connectivity index (χ3v) is 7.53. The van der Waals surface area contributed by atoms with Gasteiger partial charge < -0.3 is 72.9 Å². The maximum absolute atomic E-state index is 11.2. The van der Waals surface area contributed by atoms with Gasteiger partial charge in [-0.3, -0.25) is 0 Å². The van der Waals surface area contributed by atoms with E-state index in [1.807, 2.05) is 30.3 Å². The smallest absolute Gasteiger partial charge is 0.186 e. The normalized spacial score (nSPS) is 44.5. The molecule has 14 N–H and O–H groups in total. The van der Waals surface area contributed by atoms with Crippen molar-refractivity contribution in [1.29, 1.82) is 0 Å². The molecule has 14 unspecified atom stereocenters. The number of rotatable bonds is 9. The van der Waals surface area contributed by atoms with Crippen LogP contribution in [-0.2, 0) is 30.4 Å². The summed E-state index contributed by atoms with van der Waals surface area (Å²) in [7, 11) is 0. The summed E-state index contributed by atoms with van der Waals surface area (Å²) in [6.45, 7) is 0.243. The van der Waals surface area contributed by atoms with Crippen LogP contribution in [0.1, 0.15) is 18.4 Å². The van der Waals surface area contributed by atoms with Gasteiger partial charge in [0.05, 0.1) is 30.5 Å². The SMILES string of the molecule is NCC1OC(OC2C(N)CC(N)C(OC3OC(C=NOCc4ccccc4)C(O)C(N)C3O)C2O)C(N)CC1O. The van der Waals surface area contributed by atoms with Crippen LogP contribution in [0.4, 0.5) is 0 Å². The van der Waals surface area contributed by atoms with Gasteiger partial charge in [0.1, 0.15) is 43.2 Å². The number of ether oxygens (including phenoxy) is 4. The molecule has 2 aliphatic heterocycles. The van der Waals surface area contributed by atoms with E-state index in [-0.39, 0.29) is 26.0 Å². The van der Waals surface area contributed by atoms with Gasteiger partial charge in [-0.15, -0.1) is 0 Å². The Kier molecular flexibility index (Phi) is 10.8. The van der Waals surface area contributed by atoms with Crippen molar-refractivity contribution in [1.82, 2.24) is 0 Å². The molecule has 0 spiro atoms. The molecule has 0 aromatic heterocycles. The number of oxime groups is 1. The fourth-order valence-corrected chi connectivity index (χ4v) is 5.14. The van der Waals surface area contributed by atoms with Gasteiger partial charge in [0.15, 0.2) is 12.6 Å². The number of hydrogen-bond donors (Lipinski definition) is 9. The summed E-state index contributed by atoms with van der Waals surface area (Å²) in [5.41, 5.74) is 31.2. The topological polar surface area (TPSA) is 270 Å². The second kappa shape index (κ2) is 13.9. The van der Waals surface area contributed by atoms with Crippen molar-refractivity contribution >= 4 is 6.21 Å². The summed E-state index contributed by atoms with van der Waals surface area (Å²) in [4.78, 5) is 5.28. The first-order chi connectivity index (χ1) is 19.1. The van der Waals surface area contributed by atoms with Gasteiger partial charge in [-0.05, 0) is 18.4 Å². The van der Waals surface area contributed by atoms with Gasteiger partial charge in [0.25, 0.3) is 0 Å². The van der Waals surface area contributed by atoms with Crippen LogP contribution in [0.5, 0.6) is 0 Å². The molecule has 0 amide bonds. The highest BCUT2D eigenvalue weighted by molar-refractivity contribution is 5.63. The minimum Gasteiger partial charge on any atom is -0.391 e. The average Bonchev–Trinajstić information content (AvgIpc) is 2.93. The zero-order chi connectivity index (χ0) is 29.0. The standard InChI is InChI=1S/C25H42N6O9/c26-8-16-15(32)7-14(29)24(37-16)39-22-12(27)6-13(28)23(21(22)35)40-25-20(34)18(30)19(33)17(38-25)9-31-36-10-11-4-2-1-3-5-11/h1-5,9,12-25,32-35H,6-8,10,26-30H2. The van der Waals surface area contributed by atoms with Crippen molar-refractivity contribution in [2.24, 2.45) is 33.8 Å². The number of nitrogens with two attached hydrogens (primary N) is 5. The third kappa shape index (κ3) is 7.14. The van der Waals surface area contributed by atoms with E-state index in [0.29, 0.717) is 0 Å². The lowest BCUT2D eigenvalue weighted by Gasteiger charge is -2.47. The van der Waals surface area contributed by atoms with Gasteiger partial charge in [-0.1, -0.05) is 35.5 Å². The summed E-state index contributed by atoms with van der Waals surface area (Å²) < 4.78 is 23.4. The molecule has 2 saturated heterocycles. The zero-order valence-corrected chi connectivity index (χ0v) is 22.0. The van der Waals surface area contributed by atoms with E-state index in [1.165, 1.54) is 6.21 Å². The molecule has 40 heavy (non-hydrogen) atoms. The first-order valence-electron chi connectivity index (χ1n) is 13.4. The van der Waals surface area contributed by atoms with Gasteiger partial charge >= 0.3 is 0 Å². The molecule has 1 aromatic carbocycles. The molecule has 2 heterocycles. The zero-order valence-electron chi connectivity index (χ0n) is 22.0. The van der Waals surface area contributed by atoms with Crippen molar-refractivity contribution in [3.63, 3.8) is 0 Å². The van der Waals surface area contributed by atoms with E-state index >= 15 is 0 Å². The second-order valence-corrected chi connectivity index (χ2v) is 10.5. The molecule has 0 radical (unpaired) electrons. The number of benzene rings is 1. The summed E-state index contributed by atoms with van der Waals surface area (Å²) in [5, 5.41) is 46.4. The fraction of sp³-hybridized carbons (Fsp3) is 0.720.